The molecule has 1 heterocycles. The second-order valence-corrected chi connectivity index (χ2v) is 6.58. The number of hydrazone groups is 1. The number of amides is 1. The summed E-state index contributed by atoms with van der Waals surface area (Å²) in [5, 5.41) is 15.6. The quantitative estimate of drug-likeness (QED) is 0.393. The van der Waals surface area contributed by atoms with Crippen molar-refractivity contribution >= 4 is 29.4 Å². The fourth-order valence-corrected chi connectivity index (χ4v) is 3.01. The first-order valence-electron chi connectivity index (χ1n) is 8.39. The first-order valence-corrected chi connectivity index (χ1v) is 8.77. The molecule has 1 amide bonds. The van der Waals surface area contributed by atoms with Crippen LogP contribution in [-0.4, -0.2) is 21.6 Å². The van der Waals surface area contributed by atoms with E-state index in [9.17, 15) is 14.9 Å². The molecule has 3 aromatic rings. The number of benzene rings is 2. The molecule has 0 atom stereocenters. The Balaban J connectivity index is 1.81. The second-order valence-electron chi connectivity index (χ2n) is 6.14. The predicted molar refractivity (Wildman–Crippen MR) is 108 cm³/mol. The summed E-state index contributed by atoms with van der Waals surface area (Å²) >= 11 is 5.81. The largest absolute Gasteiger partial charge is 0.318 e. The lowest BCUT2D eigenvalue weighted by Crippen LogP contribution is -2.17. The summed E-state index contributed by atoms with van der Waals surface area (Å²) in [4.78, 5) is 22.7. The molecule has 0 radical (unpaired) electrons. The van der Waals surface area contributed by atoms with E-state index in [1.165, 1.54) is 12.1 Å². The number of aryl methyl sites for hydroxylation is 1. The molecule has 0 unspecified atom stereocenters. The molecule has 0 saturated carbocycles. The number of halogens is 1. The molecule has 0 aliphatic carbocycles. The van der Waals surface area contributed by atoms with E-state index in [4.69, 9.17) is 11.6 Å². The van der Waals surface area contributed by atoms with Crippen molar-refractivity contribution in [2.24, 2.45) is 5.10 Å². The number of hydrogen-bond donors (Lipinski definition) is 1. The van der Waals surface area contributed by atoms with Crippen molar-refractivity contribution in [2.75, 3.05) is 0 Å². The first kappa shape index (κ1) is 19.3. The minimum atomic E-state index is -0.424. The number of rotatable bonds is 5. The predicted octanol–water partition coefficient (Wildman–Crippen LogP) is 4.42. The maximum atomic E-state index is 12.1. The first-order chi connectivity index (χ1) is 13.4. The third kappa shape index (κ3) is 4.10. The minimum absolute atomic E-state index is 0.0236. The van der Waals surface area contributed by atoms with Gasteiger partial charge in [0.15, 0.2) is 0 Å². The van der Waals surface area contributed by atoms with Crippen molar-refractivity contribution in [1.29, 1.82) is 0 Å². The molecule has 7 nitrogen and oxygen atoms in total. The van der Waals surface area contributed by atoms with Crippen molar-refractivity contribution < 1.29 is 9.72 Å². The van der Waals surface area contributed by atoms with E-state index >= 15 is 0 Å². The molecule has 0 aliphatic rings. The van der Waals surface area contributed by atoms with Gasteiger partial charge in [0.25, 0.3) is 11.6 Å². The average molecular weight is 397 g/mol. The molecule has 2 aromatic carbocycles. The van der Waals surface area contributed by atoms with Crippen molar-refractivity contribution in [1.82, 2.24) is 9.99 Å². The van der Waals surface area contributed by atoms with Gasteiger partial charge in [-0.05, 0) is 50.2 Å². The summed E-state index contributed by atoms with van der Waals surface area (Å²) < 4.78 is 1.90. The fourth-order valence-electron chi connectivity index (χ4n) is 2.89. The zero-order valence-corrected chi connectivity index (χ0v) is 16.0. The van der Waals surface area contributed by atoms with Gasteiger partial charge in [0.2, 0.25) is 0 Å². The Labute approximate surface area is 166 Å². The number of nitrogens with one attached hydrogen (secondary N) is 1. The Morgan fingerprint density at radius 2 is 1.89 bits per heavy atom. The highest BCUT2D eigenvalue weighted by Gasteiger charge is 2.13. The Kier molecular flexibility index (Phi) is 5.56. The van der Waals surface area contributed by atoms with E-state index in [1.54, 1.807) is 42.6 Å². The van der Waals surface area contributed by atoms with E-state index in [0.717, 1.165) is 17.0 Å². The summed E-state index contributed by atoms with van der Waals surface area (Å²) in [6.07, 6.45) is 1.55. The number of carbonyl (C=O) groups excluding carboxylic acids is 1. The average Bonchev–Trinajstić information content (AvgIpc) is 2.95. The van der Waals surface area contributed by atoms with E-state index in [1.807, 2.05) is 24.5 Å². The van der Waals surface area contributed by atoms with Gasteiger partial charge in [-0.1, -0.05) is 17.7 Å². The molecule has 0 saturated heterocycles. The van der Waals surface area contributed by atoms with Crippen molar-refractivity contribution in [2.45, 2.75) is 13.8 Å². The minimum Gasteiger partial charge on any atom is -0.318 e. The molecule has 1 aromatic heterocycles. The number of nitro benzene ring substituents is 1. The maximum Gasteiger partial charge on any atom is 0.271 e. The van der Waals surface area contributed by atoms with Crippen LogP contribution in [0.2, 0.25) is 5.02 Å². The smallest absolute Gasteiger partial charge is 0.271 e. The van der Waals surface area contributed by atoms with Gasteiger partial charge in [-0.25, -0.2) is 5.43 Å². The summed E-state index contributed by atoms with van der Waals surface area (Å²) in [7, 11) is 0. The normalized spacial score (nSPS) is 11.0. The van der Waals surface area contributed by atoms with Crippen molar-refractivity contribution in [3.8, 4) is 5.69 Å². The van der Waals surface area contributed by atoms with Crippen LogP contribution in [0.25, 0.3) is 5.69 Å². The van der Waals surface area contributed by atoms with Crippen LogP contribution in [0.4, 0.5) is 5.69 Å². The Morgan fingerprint density at radius 1 is 1.18 bits per heavy atom. The molecule has 0 spiro atoms. The van der Waals surface area contributed by atoms with Crippen LogP contribution in [0.15, 0.2) is 59.7 Å². The molecule has 8 heteroatoms. The Bertz CT molecular complexity index is 1070. The molecule has 142 valence electrons. The topological polar surface area (TPSA) is 89.5 Å². The van der Waals surface area contributed by atoms with Crippen LogP contribution in [0.1, 0.15) is 27.3 Å². The lowest BCUT2D eigenvalue weighted by atomic mass is 10.2. The van der Waals surface area contributed by atoms with Gasteiger partial charge in [-0.15, -0.1) is 0 Å². The van der Waals surface area contributed by atoms with Gasteiger partial charge in [0.1, 0.15) is 0 Å². The standard InChI is InChI=1S/C20H17ClN4O3/c1-13-10-16(12-22-23-20(26)15-6-8-17(21)9-7-15)14(2)24(13)18-4-3-5-19(11-18)25(27)28/h3-12H,1-2H3,(H,23,26)/b22-12-. The maximum absolute atomic E-state index is 12.1. The highest BCUT2D eigenvalue weighted by molar-refractivity contribution is 6.30. The zero-order chi connectivity index (χ0) is 20.3. The third-order valence-electron chi connectivity index (χ3n) is 4.25. The molecular weight excluding hydrogens is 380 g/mol. The molecule has 3 rings (SSSR count). The molecule has 1 N–H and O–H groups in total. The van der Waals surface area contributed by atoms with Crippen LogP contribution in [0.5, 0.6) is 0 Å². The van der Waals surface area contributed by atoms with Gasteiger partial charge in [-0.2, -0.15) is 5.10 Å². The lowest BCUT2D eigenvalue weighted by Gasteiger charge is -2.09. The Morgan fingerprint density at radius 3 is 2.57 bits per heavy atom. The highest BCUT2D eigenvalue weighted by Crippen LogP contribution is 2.23. The third-order valence-corrected chi connectivity index (χ3v) is 4.50. The number of hydrogen-bond acceptors (Lipinski definition) is 4. The van der Waals surface area contributed by atoms with Crippen molar-refractivity contribution in [3.05, 3.63) is 92.2 Å². The second kappa shape index (κ2) is 8.06. The van der Waals surface area contributed by atoms with Crippen LogP contribution in [0.3, 0.4) is 0 Å². The number of nitrogens with zero attached hydrogens (tertiary/aromatic N) is 3. The van der Waals surface area contributed by atoms with Crippen LogP contribution >= 0.6 is 11.6 Å². The van der Waals surface area contributed by atoms with E-state index < -0.39 is 4.92 Å². The van der Waals surface area contributed by atoms with Gasteiger partial charge < -0.3 is 4.57 Å². The van der Waals surface area contributed by atoms with Gasteiger partial charge >= 0.3 is 0 Å². The molecule has 0 aliphatic heterocycles. The summed E-state index contributed by atoms with van der Waals surface area (Å²) in [5.41, 5.74) is 6.17. The fraction of sp³-hybridized carbons (Fsp3) is 0.100. The van der Waals surface area contributed by atoms with Gasteiger partial charge in [0, 0.05) is 39.7 Å². The summed E-state index contributed by atoms with van der Waals surface area (Å²) in [6, 6.07) is 14.8. The Hall–Kier alpha value is -3.45. The SMILES string of the molecule is Cc1cc(/C=N\NC(=O)c2ccc(Cl)cc2)c(C)n1-c1cccc([N+](=O)[O-])c1. The molecule has 28 heavy (non-hydrogen) atoms. The lowest BCUT2D eigenvalue weighted by molar-refractivity contribution is -0.384. The molecular formula is C20H17ClN4O3. The van der Waals surface area contributed by atoms with E-state index in [-0.39, 0.29) is 11.6 Å². The zero-order valence-electron chi connectivity index (χ0n) is 15.2. The monoisotopic (exact) mass is 396 g/mol. The summed E-state index contributed by atoms with van der Waals surface area (Å²) in [5.74, 6) is -0.347. The number of nitro groups is 1. The van der Waals surface area contributed by atoms with Crippen LogP contribution < -0.4 is 5.43 Å². The van der Waals surface area contributed by atoms with Crippen LogP contribution in [-0.2, 0) is 0 Å². The molecule has 0 fully saturated rings. The van der Waals surface area contributed by atoms with Crippen molar-refractivity contribution in [3.63, 3.8) is 0 Å². The number of non-ortho nitro benzene ring substituents is 1. The van der Waals surface area contributed by atoms with E-state index in [2.05, 4.69) is 10.5 Å². The summed E-state index contributed by atoms with van der Waals surface area (Å²) in [6.45, 7) is 3.78. The van der Waals surface area contributed by atoms with Gasteiger partial charge in [-0.3, -0.25) is 14.9 Å². The van der Waals surface area contributed by atoms with Crippen LogP contribution in [0, 0.1) is 24.0 Å². The highest BCUT2D eigenvalue weighted by atomic mass is 35.5. The van der Waals surface area contributed by atoms with E-state index in [0.29, 0.717) is 16.3 Å². The number of carbonyl (C=O) groups is 1. The van der Waals surface area contributed by atoms with Gasteiger partial charge in [0.05, 0.1) is 16.8 Å². The molecule has 0 bridgehead atoms. The number of aromatic nitrogens is 1.